The number of aromatic nitrogens is 2. The summed E-state index contributed by atoms with van der Waals surface area (Å²) in [5.41, 5.74) is 1.25. The van der Waals surface area contributed by atoms with Crippen LogP contribution in [-0.4, -0.2) is 28.3 Å². The molecule has 2 heterocycles. The van der Waals surface area contributed by atoms with Crippen LogP contribution in [0.5, 0.6) is 5.88 Å². The van der Waals surface area contributed by atoms with Crippen molar-refractivity contribution in [3.63, 3.8) is 0 Å². The molecule has 1 aliphatic heterocycles. The van der Waals surface area contributed by atoms with Crippen LogP contribution in [0.1, 0.15) is 30.8 Å². The van der Waals surface area contributed by atoms with Crippen LogP contribution in [0.4, 0.5) is 4.39 Å². The second-order valence-corrected chi connectivity index (χ2v) is 6.12. The molecule has 0 radical (unpaired) electrons. The van der Waals surface area contributed by atoms with Gasteiger partial charge in [-0.3, -0.25) is 4.79 Å². The first-order valence-corrected chi connectivity index (χ1v) is 7.85. The molecule has 2 aromatic rings. The predicted molar refractivity (Wildman–Crippen MR) is 85.3 cm³/mol. The summed E-state index contributed by atoms with van der Waals surface area (Å²) in [5.74, 6) is -0.363. The highest BCUT2D eigenvalue weighted by Crippen LogP contribution is 2.36. The van der Waals surface area contributed by atoms with Crippen molar-refractivity contribution in [2.45, 2.75) is 32.9 Å². The number of nitrogens with zero attached hydrogens (tertiary/aromatic N) is 2. The Balaban J connectivity index is 2.14. The highest BCUT2D eigenvalue weighted by molar-refractivity contribution is 6.30. The van der Waals surface area contributed by atoms with Gasteiger partial charge in [-0.05, 0) is 31.5 Å². The van der Waals surface area contributed by atoms with E-state index in [9.17, 15) is 9.18 Å². The summed E-state index contributed by atoms with van der Waals surface area (Å²) in [4.78, 5) is 12.5. The summed E-state index contributed by atoms with van der Waals surface area (Å²) in [7, 11) is 0. The Morgan fingerprint density at radius 1 is 1.48 bits per heavy atom. The quantitative estimate of drug-likeness (QED) is 0.935. The molecule has 23 heavy (non-hydrogen) atoms. The normalized spacial score (nSPS) is 13.6. The number of rotatable bonds is 3. The molecule has 0 fully saturated rings. The Bertz CT molecular complexity index is 758. The van der Waals surface area contributed by atoms with Crippen molar-refractivity contribution in [2.24, 2.45) is 0 Å². The Kier molecular flexibility index (Phi) is 4.26. The van der Waals surface area contributed by atoms with Crippen molar-refractivity contribution in [3.05, 3.63) is 34.7 Å². The maximum atomic E-state index is 13.8. The number of fused-ring (bicyclic) bond motifs is 1. The number of carbonyl (C=O) groups is 1. The molecule has 0 aliphatic carbocycles. The SMILES string of the molecule is CC(C)NC(=O)c1nn2c(c1-c1ccc(Cl)c(F)c1)OCCC2. The molecule has 3 rings (SSSR count). The molecule has 0 bridgehead atoms. The van der Waals surface area contributed by atoms with Crippen LogP contribution in [0, 0.1) is 5.82 Å². The molecular formula is C16H17ClFN3O2. The number of benzene rings is 1. The minimum absolute atomic E-state index is 0.0306. The van der Waals surface area contributed by atoms with Gasteiger partial charge >= 0.3 is 0 Å². The predicted octanol–water partition coefficient (Wildman–Crippen LogP) is 3.26. The molecule has 1 aromatic carbocycles. The van der Waals surface area contributed by atoms with Crippen molar-refractivity contribution in [3.8, 4) is 17.0 Å². The Morgan fingerprint density at radius 2 is 2.26 bits per heavy atom. The molecule has 0 saturated carbocycles. The third-order valence-electron chi connectivity index (χ3n) is 3.50. The fourth-order valence-corrected chi connectivity index (χ4v) is 2.65. The highest BCUT2D eigenvalue weighted by Gasteiger charge is 2.27. The lowest BCUT2D eigenvalue weighted by Gasteiger charge is -2.16. The maximum absolute atomic E-state index is 13.8. The Hall–Kier alpha value is -2.08. The van der Waals surface area contributed by atoms with Crippen LogP contribution < -0.4 is 10.1 Å². The monoisotopic (exact) mass is 337 g/mol. The van der Waals surface area contributed by atoms with Crippen molar-refractivity contribution < 1.29 is 13.9 Å². The molecule has 1 aromatic heterocycles. The van der Waals surface area contributed by atoms with Gasteiger partial charge in [-0.2, -0.15) is 5.10 Å². The molecule has 0 atom stereocenters. The van der Waals surface area contributed by atoms with Gasteiger partial charge in [0.25, 0.3) is 5.91 Å². The number of ether oxygens (including phenoxy) is 1. The molecule has 0 saturated heterocycles. The molecule has 1 aliphatic rings. The van der Waals surface area contributed by atoms with Crippen LogP contribution >= 0.6 is 11.6 Å². The first-order chi connectivity index (χ1) is 11.0. The van der Waals surface area contributed by atoms with E-state index in [1.165, 1.54) is 12.1 Å². The van der Waals surface area contributed by atoms with Gasteiger partial charge in [0.1, 0.15) is 5.82 Å². The number of hydrogen-bond donors (Lipinski definition) is 1. The van der Waals surface area contributed by atoms with E-state index < -0.39 is 5.82 Å². The van der Waals surface area contributed by atoms with Gasteiger partial charge in [-0.15, -0.1) is 0 Å². The number of nitrogens with one attached hydrogen (secondary N) is 1. The average Bonchev–Trinajstić information content (AvgIpc) is 2.89. The van der Waals surface area contributed by atoms with E-state index >= 15 is 0 Å². The van der Waals surface area contributed by atoms with E-state index in [1.807, 2.05) is 13.8 Å². The van der Waals surface area contributed by atoms with E-state index in [4.69, 9.17) is 16.3 Å². The second kappa shape index (κ2) is 6.20. The Morgan fingerprint density at radius 3 is 2.96 bits per heavy atom. The molecule has 0 unspecified atom stereocenters. The van der Waals surface area contributed by atoms with E-state index in [-0.39, 0.29) is 22.7 Å². The molecule has 122 valence electrons. The van der Waals surface area contributed by atoms with Crippen molar-refractivity contribution in [1.29, 1.82) is 0 Å². The van der Waals surface area contributed by atoms with Gasteiger partial charge in [-0.1, -0.05) is 17.7 Å². The third-order valence-corrected chi connectivity index (χ3v) is 3.81. The third kappa shape index (κ3) is 3.03. The van der Waals surface area contributed by atoms with Crippen molar-refractivity contribution in [2.75, 3.05) is 6.61 Å². The summed E-state index contributed by atoms with van der Waals surface area (Å²) in [6, 6.07) is 4.39. The van der Waals surface area contributed by atoms with Gasteiger partial charge in [-0.25, -0.2) is 9.07 Å². The molecule has 7 heteroatoms. The summed E-state index contributed by atoms with van der Waals surface area (Å²) in [5, 5.41) is 7.20. The van der Waals surface area contributed by atoms with E-state index in [1.54, 1.807) is 10.7 Å². The van der Waals surface area contributed by atoms with Crippen LogP contribution in [-0.2, 0) is 6.54 Å². The first kappa shape index (κ1) is 15.8. The summed E-state index contributed by atoms with van der Waals surface area (Å²) in [6.45, 7) is 4.94. The van der Waals surface area contributed by atoms with Crippen molar-refractivity contribution >= 4 is 17.5 Å². The lowest BCUT2D eigenvalue weighted by atomic mass is 10.0. The minimum atomic E-state index is -0.546. The summed E-state index contributed by atoms with van der Waals surface area (Å²) < 4.78 is 21.2. The topological polar surface area (TPSA) is 56.2 Å². The van der Waals surface area contributed by atoms with Crippen LogP contribution in [0.25, 0.3) is 11.1 Å². The van der Waals surface area contributed by atoms with E-state index in [0.717, 1.165) is 6.42 Å². The smallest absolute Gasteiger partial charge is 0.272 e. The number of amides is 1. The van der Waals surface area contributed by atoms with Crippen LogP contribution in [0.2, 0.25) is 5.02 Å². The second-order valence-electron chi connectivity index (χ2n) is 5.71. The number of aryl methyl sites for hydroxylation is 1. The fraction of sp³-hybridized carbons (Fsp3) is 0.375. The van der Waals surface area contributed by atoms with Gasteiger partial charge in [0.15, 0.2) is 5.69 Å². The molecule has 5 nitrogen and oxygen atoms in total. The van der Waals surface area contributed by atoms with Crippen LogP contribution in [0.15, 0.2) is 18.2 Å². The van der Waals surface area contributed by atoms with E-state index in [0.29, 0.717) is 30.2 Å². The zero-order valence-corrected chi connectivity index (χ0v) is 13.7. The zero-order valence-electron chi connectivity index (χ0n) is 12.9. The first-order valence-electron chi connectivity index (χ1n) is 7.47. The molecule has 1 amide bonds. The zero-order chi connectivity index (χ0) is 16.6. The van der Waals surface area contributed by atoms with Gasteiger partial charge in [0.2, 0.25) is 5.88 Å². The van der Waals surface area contributed by atoms with Crippen LogP contribution in [0.3, 0.4) is 0 Å². The summed E-state index contributed by atoms with van der Waals surface area (Å²) >= 11 is 5.75. The lowest BCUT2D eigenvalue weighted by Crippen LogP contribution is -2.30. The Labute approximate surface area is 138 Å². The van der Waals surface area contributed by atoms with Gasteiger partial charge in [0, 0.05) is 19.0 Å². The molecule has 1 N–H and O–H groups in total. The largest absolute Gasteiger partial charge is 0.477 e. The number of hydrogen-bond acceptors (Lipinski definition) is 3. The number of halogens is 2. The molecular weight excluding hydrogens is 321 g/mol. The lowest BCUT2D eigenvalue weighted by molar-refractivity contribution is 0.0937. The van der Waals surface area contributed by atoms with E-state index in [2.05, 4.69) is 10.4 Å². The average molecular weight is 338 g/mol. The standard InChI is InChI=1S/C16H17ClFN3O2/c1-9(2)19-15(22)14-13(10-4-5-11(17)12(18)8-10)16-21(20-14)6-3-7-23-16/h4-5,8-9H,3,6-7H2,1-2H3,(H,19,22). The highest BCUT2D eigenvalue weighted by atomic mass is 35.5. The van der Waals surface area contributed by atoms with Gasteiger partial charge in [0.05, 0.1) is 17.2 Å². The minimum Gasteiger partial charge on any atom is -0.477 e. The van der Waals surface area contributed by atoms with Gasteiger partial charge < -0.3 is 10.1 Å². The molecule has 0 spiro atoms. The van der Waals surface area contributed by atoms with Crippen molar-refractivity contribution in [1.82, 2.24) is 15.1 Å². The summed E-state index contributed by atoms with van der Waals surface area (Å²) in [6.07, 6.45) is 0.814. The number of carbonyl (C=O) groups excluding carboxylic acids is 1. The maximum Gasteiger partial charge on any atom is 0.272 e. The fourth-order valence-electron chi connectivity index (χ4n) is 2.53.